The van der Waals surface area contributed by atoms with Crippen LogP contribution in [0.2, 0.25) is 0 Å². The van der Waals surface area contributed by atoms with E-state index >= 15 is 0 Å². The maximum atomic E-state index is 11.8. The summed E-state index contributed by atoms with van der Waals surface area (Å²) in [7, 11) is 0. The van der Waals surface area contributed by atoms with Gasteiger partial charge in [-0.1, -0.05) is 29.5 Å². The highest BCUT2D eigenvalue weighted by atomic mass is 32.1. The number of anilines is 2. The van der Waals surface area contributed by atoms with Crippen molar-refractivity contribution in [3.63, 3.8) is 0 Å². The van der Waals surface area contributed by atoms with Gasteiger partial charge in [0, 0.05) is 23.5 Å². The molecule has 29 heavy (non-hydrogen) atoms. The molecule has 0 spiro atoms. The number of ether oxygens (including phenoxy) is 1. The third kappa shape index (κ3) is 4.78. The van der Waals surface area contributed by atoms with Crippen LogP contribution in [-0.2, 0) is 11.3 Å². The first kappa shape index (κ1) is 19.1. The van der Waals surface area contributed by atoms with Gasteiger partial charge in [-0.25, -0.2) is 0 Å². The van der Waals surface area contributed by atoms with Crippen LogP contribution < -0.4 is 15.4 Å². The minimum absolute atomic E-state index is 0.0216. The Bertz CT molecular complexity index is 1060. The van der Waals surface area contributed by atoms with Gasteiger partial charge in [0.25, 0.3) is 5.91 Å². The Morgan fingerprint density at radius 2 is 2.10 bits per heavy atom. The van der Waals surface area contributed by atoms with Crippen LogP contribution >= 0.6 is 11.3 Å². The van der Waals surface area contributed by atoms with Crippen LogP contribution in [0.5, 0.6) is 5.75 Å². The quantitative estimate of drug-likeness (QED) is 0.622. The second-order valence-corrected chi connectivity index (χ2v) is 7.94. The molecule has 2 heterocycles. The second kappa shape index (κ2) is 8.40. The molecule has 4 rings (SSSR count). The van der Waals surface area contributed by atoms with Crippen molar-refractivity contribution in [2.75, 3.05) is 11.9 Å². The predicted octanol–water partition coefficient (Wildman–Crippen LogP) is 3.78. The smallest absolute Gasteiger partial charge is 0.258 e. The van der Waals surface area contributed by atoms with E-state index in [1.165, 1.54) is 16.9 Å². The zero-order valence-corrected chi connectivity index (χ0v) is 17.0. The number of carbonyl (C=O) groups is 1. The Hall–Kier alpha value is -3.26. The highest BCUT2D eigenvalue weighted by molar-refractivity contribution is 7.18. The van der Waals surface area contributed by atoms with Gasteiger partial charge in [0.05, 0.1) is 6.54 Å². The monoisotopic (exact) mass is 407 g/mol. The summed E-state index contributed by atoms with van der Waals surface area (Å²) in [5, 5.41) is 16.1. The van der Waals surface area contributed by atoms with Gasteiger partial charge in [-0.2, -0.15) is 0 Å². The third-order valence-corrected chi connectivity index (χ3v) is 5.10. The number of carbonyl (C=O) groups excluding carboxylic acids is 1. The van der Waals surface area contributed by atoms with Crippen LogP contribution in [0.15, 0.2) is 47.5 Å². The molecule has 2 aromatic carbocycles. The first-order chi connectivity index (χ1) is 14.1. The molecule has 0 radical (unpaired) electrons. The molecule has 0 aliphatic carbocycles. The van der Waals surface area contributed by atoms with E-state index in [1.54, 1.807) is 0 Å². The first-order valence-corrected chi connectivity index (χ1v) is 10.1. The molecule has 148 valence electrons. The number of hydrogen-bond acceptors (Lipinski definition) is 7. The predicted molar refractivity (Wildman–Crippen MR) is 115 cm³/mol. The number of benzene rings is 2. The molecule has 0 bridgehead atoms. The van der Waals surface area contributed by atoms with Gasteiger partial charge in [0.15, 0.2) is 6.61 Å². The van der Waals surface area contributed by atoms with E-state index in [9.17, 15) is 4.79 Å². The fraction of sp³-hybridized carbons (Fsp3) is 0.238. The maximum Gasteiger partial charge on any atom is 0.258 e. The van der Waals surface area contributed by atoms with Crippen molar-refractivity contribution in [2.24, 2.45) is 4.99 Å². The number of nitrogens with one attached hydrogen (secondary N) is 2. The number of nitrogens with zero attached hydrogens (tertiary/aromatic N) is 3. The van der Waals surface area contributed by atoms with Gasteiger partial charge >= 0.3 is 0 Å². The van der Waals surface area contributed by atoms with Crippen LogP contribution in [-0.4, -0.2) is 35.0 Å². The Morgan fingerprint density at radius 1 is 1.21 bits per heavy atom. The normalized spacial score (nSPS) is 12.1. The van der Waals surface area contributed by atoms with Gasteiger partial charge in [-0.15, -0.1) is 10.2 Å². The summed E-state index contributed by atoms with van der Waals surface area (Å²) < 4.78 is 5.59. The van der Waals surface area contributed by atoms with Crippen LogP contribution in [0.3, 0.4) is 0 Å². The molecule has 0 saturated heterocycles. The maximum absolute atomic E-state index is 11.8. The summed E-state index contributed by atoms with van der Waals surface area (Å²) >= 11 is 1.45. The summed E-state index contributed by atoms with van der Waals surface area (Å²) in [6.45, 7) is 4.55. The van der Waals surface area contributed by atoms with Crippen molar-refractivity contribution in [3.8, 4) is 16.3 Å². The lowest BCUT2D eigenvalue weighted by molar-refractivity contribution is -0.123. The highest BCUT2D eigenvalue weighted by Gasteiger charge is 2.11. The largest absolute Gasteiger partial charge is 0.484 e. The number of fused-ring (bicyclic) bond motifs is 1. The zero-order chi connectivity index (χ0) is 20.2. The van der Waals surface area contributed by atoms with Crippen LogP contribution in [0.1, 0.15) is 25.0 Å². The average Bonchev–Trinajstić information content (AvgIpc) is 3.35. The number of rotatable bonds is 7. The van der Waals surface area contributed by atoms with Crippen LogP contribution in [0.4, 0.5) is 10.8 Å². The summed E-state index contributed by atoms with van der Waals surface area (Å²) in [6.07, 6.45) is 1.89. The molecule has 0 unspecified atom stereocenters. The molecule has 1 aliphatic rings. The van der Waals surface area contributed by atoms with E-state index in [0.717, 1.165) is 28.4 Å². The van der Waals surface area contributed by atoms with Gasteiger partial charge in [0.2, 0.25) is 5.13 Å². The van der Waals surface area contributed by atoms with Crippen molar-refractivity contribution in [1.82, 2.24) is 15.5 Å². The average molecular weight is 407 g/mol. The van der Waals surface area contributed by atoms with Crippen molar-refractivity contribution in [3.05, 3.63) is 53.6 Å². The lowest BCUT2D eigenvalue weighted by Gasteiger charge is -2.10. The second-order valence-electron chi connectivity index (χ2n) is 6.96. The van der Waals surface area contributed by atoms with Gasteiger partial charge in [0.1, 0.15) is 10.8 Å². The van der Waals surface area contributed by atoms with E-state index in [0.29, 0.717) is 10.9 Å². The first-order valence-electron chi connectivity index (χ1n) is 9.33. The molecule has 1 amide bonds. The lowest BCUT2D eigenvalue weighted by atomic mass is 10.1. The van der Waals surface area contributed by atoms with Gasteiger partial charge < -0.3 is 15.4 Å². The van der Waals surface area contributed by atoms with Gasteiger partial charge in [-0.05, 0) is 49.2 Å². The van der Waals surface area contributed by atoms with E-state index in [1.807, 2.05) is 50.4 Å². The molecule has 0 atom stereocenters. The van der Waals surface area contributed by atoms with Crippen molar-refractivity contribution >= 4 is 34.3 Å². The lowest BCUT2D eigenvalue weighted by Crippen LogP contribution is -2.34. The number of aliphatic imine (C=N–C) groups is 1. The van der Waals surface area contributed by atoms with Crippen molar-refractivity contribution in [1.29, 1.82) is 0 Å². The number of hydrogen-bond donors (Lipinski definition) is 2. The molecule has 0 fully saturated rings. The Labute approximate surface area is 172 Å². The number of amides is 1. The standard InChI is InChI=1S/C21H21N5O2S/c1-13(2)23-19(27)12-28-18-5-3-4-14(9-18)20-25-26-21(29-20)24-17-7-6-15-10-22-11-16(15)8-17/h3-9,11,13H,10,12H2,1-2H3,(H,23,27)(H,24,26). The fourth-order valence-corrected chi connectivity index (χ4v) is 3.68. The molecular formula is C21H21N5O2S. The molecule has 7 nitrogen and oxygen atoms in total. The summed E-state index contributed by atoms with van der Waals surface area (Å²) in [5.41, 5.74) is 4.20. The zero-order valence-electron chi connectivity index (χ0n) is 16.2. The van der Waals surface area contributed by atoms with E-state index < -0.39 is 0 Å². The summed E-state index contributed by atoms with van der Waals surface area (Å²) in [5.74, 6) is 0.469. The molecule has 0 saturated carbocycles. The molecular weight excluding hydrogens is 386 g/mol. The molecule has 1 aliphatic heterocycles. The fourth-order valence-electron chi connectivity index (χ4n) is 2.92. The summed E-state index contributed by atoms with van der Waals surface area (Å²) in [6, 6.07) is 13.7. The van der Waals surface area contributed by atoms with Crippen molar-refractivity contribution < 1.29 is 9.53 Å². The SMILES string of the molecule is CC(C)NC(=O)COc1cccc(-c2nnc(Nc3ccc4c(c3)C=NC4)s2)c1. The van der Waals surface area contributed by atoms with E-state index in [-0.39, 0.29) is 18.6 Å². The van der Waals surface area contributed by atoms with E-state index in [2.05, 4.69) is 38.0 Å². The molecule has 1 aromatic heterocycles. The highest BCUT2D eigenvalue weighted by Crippen LogP contribution is 2.31. The molecule has 8 heteroatoms. The van der Waals surface area contributed by atoms with E-state index in [4.69, 9.17) is 4.74 Å². The van der Waals surface area contributed by atoms with Crippen LogP contribution in [0.25, 0.3) is 10.6 Å². The minimum atomic E-state index is -0.146. The number of aromatic nitrogens is 2. The molecule has 2 N–H and O–H groups in total. The Morgan fingerprint density at radius 3 is 2.97 bits per heavy atom. The van der Waals surface area contributed by atoms with Gasteiger partial charge in [-0.3, -0.25) is 9.79 Å². The van der Waals surface area contributed by atoms with Crippen molar-refractivity contribution in [2.45, 2.75) is 26.4 Å². The summed E-state index contributed by atoms with van der Waals surface area (Å²) in [4.78, 5) is 16.0. The third-order valence-electron chi connectivity index (χ3n) is 4.21. The molecule has 3 aromatic rings. The Kier molecular flexibility index (Phi) is 5.53. The Balaban J connectivity index is 1.42. The topological polar surface area (TPSA) is 88.5 Å². The van der Waals surface area contributed by atoms with Crippen LogP contribution in [0, 0.1) is 0 Å². The minimum Gasteiger partial charge on any atom is -0.484 e.